The average Bonchev–Trinajstić information content (AvgIpc) is 2.91. The lowest BCUT2D eigenvalue weighted by molar-refractivity contribution is 0.173. The highest BCUT2D eigenvalue weighted by molar-refractivity contribution is 5.90. The van der Waals surface area contributed by atoms with Gasteiger partial charge >= 0.3 is 0 Å². The van der Waals surface area contributed by atoms with Gasteiger partial charge in [0.1, 0.15) is 24.7 Å². The summed E-state index contributed by atoms with van der Waals surface area (Å²) in [5.41, 5.74) is 9.04. The van der Waals surface area contributed by atoms with Gasteiger partial charge < -0.3 is 36.3 Å². The number of hydrogen-bond acceptors (Lipinski definition) is 7. The molecule has 0 aliphatic heterocycles. The number of aliphatic hydroxyl groups is 1. The molecule has 1 heterocycles. The summed E-state index contributed by atoms with van der Waals surface area (Å²) < 4.78 is 5.71. The minimum absolute atomic E-state index is 0.142. The van der Waals surface area contributed by atoms with Crippen LogP contribution in [0.15, 0.2) is 71.5 Å². The fourth-order valence-corrected chi connectivity index (χ4v) is 4.27. The lowest BCUT2D eigenvalue weighted by Gasteiger charge is -2.19. The van der Waals surface area contributed by atoms with Crippen LogP contribution in [-0.4, -0.2) is 40.4 Å². The molecule has 4 aromatic rings. The molecule has 1 radical (unpaired) electrons. The third kappa shape index (κ3) is 7.58. The molecule has 7 N–H and O–H groups in total. The minimum Gasteiger partial charge on any atom is -0.506 e. The third-order valence-electron chi connectivity index (χ3n) is 6.24. The molecule has 9 heteroatoms. The Kier molecular flexibility index (Phi) is 8.88. The minimum atomic E-state index is -0.922. The number of aromatic amines is 1. The number of phenolic OH excluding ortho intramolecular Hbond substituents is 1. The van der Waals surface area contributed by atoms with Gasteiger partial charge in [-0.05, 0) is 86.0 Å². The van der Waals surface area contributed by atoms with Crippen LogP contribution >= 0.6 is 0 Å². The monoisotopic (exact) mass is 531 g/mol. The molecule has 205 valence electrons. The van der Waals surface area contributed by atoms with Crippen molar-refractivity contribution in [3.05, 3.63) is 93.8 Å². The first-order chi connectivity index (χ1) is 18.6. The molecule has 1 aromatic heterocycles. The van der Waals surface area contributed by atoms with E-state index in [9.17, 15) is 20.1 Å². The Morgan fingerprint density at radius 3 is 2.33 bits per heavy atom. The molecule has 0 saturated carbocycles. The Balaban J connectivity index is 1.28. The summed E-state index contributed by atoms with van der Waals surface area (Å²) in [7, 11) is 0. The predicted molar refractivity (Wildman–Crippen MR) is 152 cm³/mol. The van der Waals surface area contributed by atoms with Gasteiger partial charge in [-0.1, -0.05) is 18.2 Å². The topological polar surface area (TPSA) is 153 Å². The van der Waals surface area contributed by atoms with Gasteiger partial charge in [0.25, 0.3) is 0 Å². The molecule has 4 rings (SSSR count). The zero-order valence-corrected chi connectivity index (χ0v) is 22.2. The third-order valence-corrected chi connectivity index (χ3v) is 6.24. The maximum absolute atomic E-state index is 11.8. The van der Waals surface area contributed by atoms with Crippen LogP contribution in [0.5, 0.6) is 11.5 Å². The fraction of sp³-hybridized carbons (Fsp3) is 0.300. The molecule has 3 aromatic carbocycles. The normalized spacial score (nSPS) is 12.4. The standard InChI is InChI=1S/C30H35N4O5/c1-30(2,31)18-39-23-9-7-22(8-10-23)33-21-5-3-19(4-6-21)13-14-32-16-26(37)24-11-12-25(36)29-28(24)20(17-35)15-27(38)34-29/h3-12,15,26,32-33,36-37H,13-14,16-18,31H2,1-2H3,(H,34,38)/t26-/m0/s1. The van der Waals surface area contributed by atoms with E-state index < -0.39 is 18.3 Å². The molecular formula is C30H35N4O5. The van der Waals surface area contributed by atoms with Gasteiger partial charge in [0.2, 0.25) is 5.56 Å². The average molecular weight is 532 g/mol. The number of aliphatic hydroxyl groups excluding tert-OH is 1. The molecule has 0 aliphatic rings. The van der Waals surface area contributed by atoms with E-state index in [2.05, 4.69) is 15.6 Å². The summed E-state index contributed by atoms with van der Waals surface area (Å²) in [5, 5.41) is 39.6. The summed E-state index contributed by atoms with van der Waals surface area (Å²) in [4.78, 5) is 14.4. The lowest BCUT2D eigenvalue weighted by Crippen LogP contribution is -2.38. The van der Waals surface area contributed by atoms with Crippen LogP contribution in [-0.2, 0) is 18.1 Å². The van der Waals surface area contributed by atoms with Crippen LogP contribution in [0.25, 0.3) is 10.9 Å². The Labute approximate surface area is 227 Å². The van der Waals surface area contributed by atoms with E-state index in [-0.39, 0.29) is 28.9 Å². The van der Waals surface area contributed by atoms with Crippen molar-refractivity contribution in [2.45, 2.75) is 38.5 Å². The second-order valence-corrected chi connectivity index (χ2v) is 10.3. The zero-order valence-electron chi connectivity index (χ0n) is 22.2. The van der Waals surface area contributed by atoms with Gasteiger partial charge in [-0.15, -0.1) is 0 Å². The van der Waals surface area contributed by atoms with Crippen LogP contribution in [0.4, 0.5) is 11.4 Å². The number of pyridine rings is 1. The highest BCUT2D eigenvalue weighted by Crippen LogP contribution is 2.31. The number of hydrogen-bond donors (Lipinski definition) is 6. The summed E-state index contributed by atoms with van der Waals surface area (Å²) in [6.07, 6.45) is -0.166. The summed E-state index contributed by atoms with van der Waals surface area (Å²) in [6.45, 7) is 4.53. The highest BCUT2D eigenvalue weighted by Gasteiger charge is 2.17. The number of rotatable bonds is 12. The van der Waals surface area contributed by atoms with E-state index in [1.54, 1.807) is 6.07 Å². The van der Waals surface area contributed by atoms with Crippen LogP contribution in [0.1, 0.15) is 36.6 Å². The van der Waals surface area contributed by atoms with Crippen LogP contribution < -0.4 is 26.7 Å². The summed E-state index contributed by atoms with van der Waals surface area (Å²) >= 11 is 0. The molecule has 0 bridgehead atoms. The van der Waals surface area contributed by atoms with E-state index in [0.29, 0.717) is 24.1 Å². The van der Waals surface area contributed by atoms with Crippen molar-refractivity contribution in [1.82, 2.24) is 10.3 Å². The first-order valence-electron chi connectivity index (χ1n) is 12.9. The van der Waals surface area contributed by atoms with Crippen molar-refractivity contribution in [3.8, 4) is 11.5 Å². The van der Waals surface area contributed by atoms with Gasteiger partial charge in [0, 0.05) is 34.9 Å². The first kappa shape index (κ1) is 28.1. The number of aromatic nitrogens is 1. The van der Waals surface area contributed by atoms with E-state index in [1.165, 1.54) is 12.1 Å². The summed E-state index contributed by atoms with van der Waals surface area (Å²) in [5.74, 6) is 0.628. The van der Waals surface area contributed by atoms with Gasteiger partial charge in [0.15, 0.2) is 0 Å². The van der Waals surface area contributed by atoms with Crippen molar-refractivity contribution in [1.29, 1.82) is 0 Å². The Morgan fingerprint density at radius 2 is 1.69 bits per heavy atom. The van der Waals surface area contributed by atoms with E-state index >= 15 is 0 Å². The summed E-state index contributed by atoms with van der Waals surface area (Å²) in [6, 6.07) is 20.0. The zero-order chi connectivity index (χ0) is 28.0. The van der Waals surface area contributed by atoms with E-state index in [4.69, 9.17) is 10.5 Å². The van der Waals surface area contributed by atoms with Crippen molar-refractivity contribution >= 4 is 22.3 Å². The molecule has 1 atom stereocenters. The second kappa shape index (κ2) is 12.3. The predicted octanol–water partition coefficient (Wildman–Crippen LogP) is 3.89. The number of nitrogens with two attached hydrogens (primary N) is 1. The molecular weight excluding hydrogens is 496 g/mol. The van der Waals surface area contributed by atoms with Crippen molar-refractivity contribution in [3.63, 3.8) is 0 Å². The fourth-order valence-electron chi connectivity index (χ4n) is 4.27. The van der Waals surface area contributed by atoms with Gasteiger partial charge in [-0.3, -0.25) is 4.79 Å². The van der Waals surface area contributed by atoms with E-state index in [1.807, 2.05) is 62.4 Å². The number of phenols is 1. The lowest BCUT2D eigenvalue weighted by atomic mass is 9.98. The van der Waals surface area contributed by atoms with Crippen LogP contribution in [0.2, 0.25) is 0 Å². The largest absolute Gasteiger partial charge is 0.506 e. The quantitative estimate of drug-likeness (QED) is 0.152. The van der Waals surface area contributed by atoms with Crippen molar-refractivity contribution < 1.29 is 20.1 Å². The maximum Gasteiger partial charge on any atom is 0.248 e. The molecule has 0 aliphatic carbocycles. The number of ether oxygens (including phenoxy) is 1. The first-order valence-corrected chi connectivity index (χ1v) is 12.9. The molecule has 9 nitrogen and oxygen atoms in total. The van der Waals surface area contributed by atoms with Gasteiger partial charge in [0.05, 0.1) is 11.6 Å². The number of benzene rings is 3. The van der Waals surface area contributed by atoms with Crippen LogP contribution in [0, 0.1) is 0 Å². The van der Waals surface area contributed by atoms with Gasteiger partial charge in [-0.2, -0.15) is 0 Å². The molecule has 39 heavy (non-hydrogen) atoms. The molecule has 0 unspecified atom stereocenters. The smallest absolute Gasteiger partial charge is 0.248 e. The van der Waals surface area contributed by atoms with Crippen molar-refractivity contribution in [2.75, 3.05) is 25.0 Å². The van der Waals surface area contributed by atoms with Gasteiger partial charge in [-0.25, -0.2) is 5.11 Å². The number of H-pyrrole nitrogens is 1. The van der Waals surface area contributed by atoms with Crippen molar-refractivity contribution in [2.24, 2.45) is 5.73 Å². The SMILES string of the molecule is CC(C)(N)COc1ccc(Nc2ccc(CCNC[C@H](O)c3ccc(O)c4[nH]c(=O)cc(C[O])c34)cc2)cc1. The number of aromatic hydroxyl groups is 1. The molecule has 0 spiro atoms. The second-order valence-electron chi connectivity index (χ2n) is 10.3. The molecule has 0 amide bonds. The maximum atomic E-state index is 11.8. The van der Waals surface area contributed by atoms with Crippen LogP contribution in [0.3, 0.4) is 0 Å². The number of fused-ring (bicyclic) bond motifs is 1. The Morgan fingerprint density at radius 1 is 1.03 bits per heavy atom. The Hall–Kier alpha value is -3.89. The van der Waals surface area contributed by atoms with E-state index in [0.717, 1.165) is 29.1 Å². The number of nitrogens with one attached hydrogen (secondary N) is 3. The highest BCUT2D eigenvalue weighted by atomic mass is 16.5. The Bertz CT molecular complexity index is 1440. The molecule has 0 saturated heterocycles. The number of anilines is 2. The molecule has 0 fully saturated rings.